The molecule has 1 aromatic rings. The molecule has 1 saturated heterocycles. The number of nitrogens with zero attached hydrogens (tertiary/aromatic N) is 1. The molecular formula is C14H15NO4S. The Hall–Kier alpha value is -2.08. The van der Waals surface area contributed by atoms with Crippen molar-refractivity contribution in [2.75, 3.05) is 0 Å². The van der Waals surface area contributed by atoms with Gasteiger partial charge in [0.05, 0.1) is 4.90 Å². The van der Waals surface area contributed by atoms with Crippen molar-refractivity contribution in [1.82, 2.24) is 4.31 Å². The standard InChI is InChI=1S/C14H15NO4S/c1-4-12-13(5-2)19-14(16)15(12)20(17,18)11-8-6-10(3)7-9-11/h4-9,12-13H,1-2H2,3H3/t12-,13+/m0/s1. The smallest absolute Gasteiger partial charge is 0.425 e. The first kappa shape index (κ1) is 14.3. The zero-order valence-electron chi connectivity index (χ0n) is 11.0. The number of carbonyl (C=O) groups is 1. The minimum Gasteiger partial charge on any atom is -0.439 e. The molecule has 0 saturated carbocycles. The summed E-state index contributed by atoms with van der Waals surface area (Å²) >= 11 is 0. The Morgan fingerprint density at radius 1 is 1.20 bits per heavy atom. The Morgan fingerprint density at radius 2 is 1.80 bits per heavy atom. The van der Waals surface area contributed by atoms with E-state index in [9.17, 15) is 13.2 Å². The van der Waals surface area contributed by atoms with Crippen molar-refractivity contribution < 1.29 is 17.9 Å². The summed E-state index contributed by atoms with van der Waals surface area (Å²) in [6.45, 7) is 8.94. The first-order valence-electron chi connectivity index (χ1n) is 5.98. The van der Waals surface area contributed by atoms with E-state index in [4.69, 9.17) is 4.74 Å². The van der Waals surface area contributed by atoms with Crippen LogP contribution < -0.4 is 0 Å². The highest BCUT2D eigenvalue weighted by molar-refractivity contribution is 7.89. The predicted octanol–water partition coefficient (Wildman–Crippen LogP) is 2.25. The maximum atomic E-state index is 12.5. The summed E-state index contributed by atoms with van der Waals surface area (Å²) in [5, 5.41) is 0. The van der Waals surface area contributed by atoms with Gasteiger partial charge >= 0.3 is 6.09 Å². The maximum absolute atomic E-state index is 12.5. The van der Waals surface area contributed by atoms with Crippen LogP contribution in [0, 0.1) is 6.92 Å². The molecule has 2 atom stereocenters. The number of aryl methyl sites for hydroxylation is 1. The first-order chi connectivity index (χ1) is 9.41. The van der Waals surface area contributed by atoms with E-state index >= 15 is 0 Å². The van der Waals surface area contributed by atoms with Gasteiger partial charge < -0.3 is 4.74 Å². The second-order valence-corrected chi connectivity index (χ2v) is 6.24. The van der Waals surface area contributed by atoms with Crippen LogP contribution in [0.2, 0.25) is 0 Å². The van der Waals surface area contributed by atoms with Crippen molar-refractivity contribution in [3.05, 3.63) is 55.1 Å². The molecular weight excluding hydrogens is 278 g/mol. The Kier molecular flexibility index (Phi) is 3.67. The Bertz CT molecular complexity index is 648. The van der Waals surface area contributed by atoms with E-state index in [1.165, 1.54) is 24.3 Å². The average molecular weight is 293 g/mol. The summed E-state index contributed by atoms with van der Waals surface area (Å²) < 4.78 is 30.7. The van der Waals surface area contributed by atoms with Gasteiger partial charge in [0, 0.05) is 0 Å². The Morgan fingerprint density at radius 3 is 2.30 bits per heavy atom. The molecule has 1 aromatic carbocycles. The fourth-order valence-electron chi connectivity index (χ4n) is 1.99. The molecule has 2 rings (SSSR count). The summed E-state index contributed by atoms with van der Waals surface area (Å²) in [6, 6.07) is 5.47. The SMILES string of the molecule is C=C[C@H]1OC(=O)N(S(=O)(=O)c2ccc(C)cc2)[C@H]1C=C. The van der Waals surface area contributed by atoms with E-state index in [2.05, 4.69) is 13.2 Å². The van der Waals surface area contributed by atoms with E-state index in [1.54, 1.807) is 12.1 Å². The molecule has 0 aromatic heterocycles. The minimum absolute atomic E-state index is 0.0385. The largest absolute Gasteiger partial charge is 0.439 e. The highest BCUT2D eigenvalue weighted by Crippen LogP contribution is 2.28. The molecule has 0 unspecified atom stereocenters. The van der Waals surface area contributed by atoms with Gasteiger partial charge in [-0.25, -0.2) is 13.2 Å². The number of sulfonamides is 1. The van der Waals surface area contributed by atoms with E-state index < -0.39 is 28.3 Å². The van der Waals surface area contributed by atoms with Crippen LogP contribution in [0.5, 0.6) is 0 Å². The molecule has 1 fully saturated rings. The summed E-state index contributed by atoms with van der Waals surface area (Å²) in [7, 11) is -3.97. The fourth-order valence-corrected chi connectivity index (χ4v) is 3.47. The fraction of sp³-hybridized carbons (Fsp3) is 0.214. The molecule has 0 radical (unpaired) electrons. The van der Waals surface area contributed by atoms with Crippen molar-refractivity contribution in [2.45, 2.75) is 24.0 Å². The van der Waals surface area contributed by atoms with Crippen LogP contribution in [0.15, 0.2) is 54.5 Å². The molecule has 0 aliphatic carbocycles. The third kappa shape index (κ3) is 2.22. The van der Waals surface area contributed by atoms with Gasteiger partial charge in [0.1, 0.15) is 12.1 Å². The van der Waals surface area contributed by atoms with Crippen molar-refractivity contribution in [2.24, 2.45) is 0 Å². The van der Waals surface area contributed by atoms with E-state index in [0.717, 1.165) is 5.56 Å². The molecule has 1 heterocycles. The van der Waals surface area contributed by atoms with Crippen LogP contribution in [-0.4, -0.2) is 31.0 Å². The van der Waals surface area contributed by atoms with Gasteiger partial charge in [0.2, 0.25) is 0 Å². The molecule has 0 N–H and O–H groups in total. The average Bonchev–Trinajstić information content (AvgIpc) is 2.75. The van der Waals surface area contributed by atoms with E-state index in [0.29, 0.717) is 4.31 Å². The third-order valence-corrected chi connectivity index (χ3v) is 4.85. The molecule has 0 bridgehead atoms. The Labute approximate surface area is 118 Å². The van der Waals surface area contributed by atoms with Gasteiger partial charge in [-0.1, -0.05) is 30.4 Å². The van der Waals surface area contributed by atoms with E-state index in [1.807, 2.05) is 6.92 Å². The zero-order chi connectivity index (χ0) is 14.9. The first-order valence-corrected chi connectivity index (χ1v) is 7.42. The molecule has 5 nitrogen and oxygen atoms in total. The molecule has 0 spiro atoms. The lowest BCUT2D eigenvalue weighted by Gasteiger charge is -2.20. The highest BCUT2D eigenvalue weighted by Gasteiger charge is 2.46. The summed E-state index contributed by atoms with van der Waals surface area (Å²) in [5.74, 6) is 0. The van der Waals surface area contributed by atoms with Crippen LogP contribution in [0.3, 0.4) is 0 Å². The van der Waals surface area contributed by atoms with Crippen LogP contribution in [0.4, 0.5) is 4.79 Å². The molecule has 106 valence electrons. The molecule has 6 heteroatoms. The number of ether oxygens (including phenoxy) is 1. The maximum Gasteiger partial charge on any atom is 0.425 e. The van der Waals surface area contributed by atoms with Gasteiger partial charge in [-0.3, -0.25) is 0 Å². The third-order valence-electron chi connectivity index (χ3n) is 3.08. The summed E-state index contributed by atoms with van der Waals surface area (Å²) in [4.78, 5) is 11.9. The number of carbonyl (C=O) groups excluding carboxylic acids is 1. The zero-order valence-corrected chi connectivity index (χ0v) is 11.8. The molecule has 1 aliphatic heterocycles. The number of hydrogen-bond acceptors (Lipinski definition) is 4. The molecule has 20 heavy (non-hydrogen) atoms. The monoisotopic (exact) mass is 293 g/mol. The van der Waals surface area contributed by atoms with Crippen LogP contribution in [0.25, 0.3) is 0 Å². The summed E-state index contributed by atoms with van der Waals surface area (Å²) in [6.07, 6.45) is 1.11. The number of benzene rings is 1. The van der Waals surface area contributed by atoms with Gasteiger partial charge in [0.25, 0.3) is 10.0 Å². The Balaban J connectivity index is 2.47. The van der Waals surface area contributed by atoms with Crippen LogP contribution >= 0.6 is 0 Å². The lowest BCUT2D eigenvalue weighted by Crippen LogP contribution is -2.39. The van der Waals surface area contributed by atoms with E-state index in [-0.39, 0.29) is 4.90 Å². The van der Waals surface area contributed by atoms with Crippen molar-refractivity contribution in [3.63, 3.8) is 0 Å². The van der Waals surface area contributed by atoms with Crippen LogP contribution in [0.1, 0.15) is 5.56 Å². The normalized spacial score (nSPS) is 22.4. The number of hydrogen-bond donors (Lipinski definition) is 0. The van der Waals surface area contributed by atoms with Gasteiger partial charge in [-0.05, 0) is 25.1 Å². The molecule has 1 amide bonds. The van der Waals surface area contributed by atoms with Crippen LogP contribution in [-0.2, 0) is 14.8 Å². The summed E-state index contributed by atoms with van der Waals surface area (Å²) in [5.41, 5.74) is 0.928. The second kappa shape index (κ2) is 5.13. The highest BCUT2D eigenvalue weighted by atomic mass is 32.2. The quantitative estimate of drug-likeness (QED) is 0.799. The number of rotatable bonds is 4. The van der Waals surface area contributed by atoms with Crippen molar-refractivity contribution in [1.29, 1.82) is 0 Å². The lowest BCUT2D eigenvalue weighted by atomic mass is 10.2. The predicted molar refractivity (Wildman–Crippen MR) is 74.7 cm³/mol. The van der Waals surface area contributed by atoms with Crippen molar-refractivity contribution in [3.8, 4) is 0 Å². The molecule has 1 aliphatic rings. The number of cyclic esters (lactones) is 1. The van der Waals surface area contributed by atoms with Gasteiger partial charge in [0.15, 0.2) is 0 Å². The van der Waals surface area contributed by atoms with Gasteiger partial charge in [-0.15, -0.1) is 6.58 Å². The topological polar surface area (TPSA) is 63.7 Å². The lowest BCUT2D eigenvalue weighted by molar-refractivity contribution is 0.152. The number of amides is 1. The van der Waals surface area contributed by atoms with Crippen molar-refractivity contribution >= 4 is 16.1 Å². The minimum atomic E-state index is -3.97. The van der Waals surface area contributed by atoms with Gasteiger partial charge in [-0.2, -0.15) is 4.31 Å². The second-order valence-electron chi connectivity index (χ2n) is 4.42.